The molecule has 0 aromatic carbocycles. The number of carboxylic acid groups (broad SMARTS) is 1. The molecule has 0 N–H and O–H groups in total. The number of carbonyl (C=O) groups excluding carboxylic acids is 2. The van der Waals surface area contributed by atoms with Gasteiger partial charge in [0.25, 0.3) is 0 Å². The number of rotatable bonds is 33. The molecule has 0 fully saturated rings. The van der Waals surface area contributed by atoms with Crippen LogP contribution in [0.5, 0.6) is 0 Å². The van der Waals surface area contributed by atoms with Gasteiger partial charge in [-0.05, 0) is 6.42 Å². The van der Waals surface area contributed by atoms with Crippen molar-refractivity contribution in [2.75, 3.05) is 85.9 Å². The van der Waals surface area contributed by atoms with E-state index in [1.54, 1.807) is 0 Å². The fourth-order valence-corrected chi connectivity index (χ4v) is 4.29. The number of aliphatic carboxylic acids is 1. The topological polar surface area (TPSA) is 179 Å². The molecule has 1 unspecified atom stereocenters. The fourth-order valence-electron chi connectivity index (χ4n) is 3.64. The Morgan fingerprint density at radius 3 is 1.20 bits per heavy atom. The molecule has 0 rings (SSSR count). The Morgan fingerprint density at radius 2 is 0.864 bits per heavy atom. The molecule has 0 heterocycles. The van der Waals surface area contributed by atoms with Gasteiger partial charge in [0, 0.05) is 19.0 Å². The van der Waals surface area contributed by atoms with Gasteiger partial charge in [-0.25, -0.2) is 8.42 Å². The summed E-state index contributed by atoms with van der Waals surface area (Å²) in [5.74, 6) is -3.31. The summed E-state index contributed by atoms with van der Waals surface area (Å²) in [7, 11) is -5.18. The molecule has 0 aromatic heterocycles. The predicted octanol–water partition coefficient (Wildman–Crippen LogP) is -4.39. The number of unbranched alkanes of at least 4 members (excludes halogenated alkanes) is 9. The van der Waals surface area contributed by atoms with Crippen molar-refractivity contribution in [1.82, 2.24) is 0 Å². The maximum absolute atomic E-state index is 11.6. The first-order valence-corrected chi connectivity index (χ1v) is 16.5. The van der Waals surface area contributed by atoms with E-state index >= 15 is 0 Å². The van der Waals surface area contributed by atoms with E-state index in [0.29, 0.717) is 52.9 Å². The summed E-state index contributed by atoms with van der Waals surface area (Å²) in [5, 5.41) is 8.14. The molecule has 0 saturated carbocycles. The van der Waals surface area contributed by atoms with E-state index in [0.717, 1.165) is 13.0 Å². The minimum Gasteiger partial charge on any atom is -0.747 e. The number of carbonyl (C=O) groups is 2. The molecule has 250 valence electrons. The first kappa shape index (κ1) is 49.0. The Balaban J connectivity index is -0.00000840. The molecule has 0 aliphatic rings. The van der Waals surface area contributed by atoms with E-state index in [2.05, 4.69) is 11.7 Å². The van der Waals surface area contributed by atoms with Crippen LogP contribution in [-0.4, -0.2) is 116 Å². The van der Waals surface area contributed by atoms with Crippen LogP contribution in [0.2, 0.25) is 0 Å². The normalized spacial score (nSPS) is 11.9. The van der Waals surface area contributed by atoms with E-state index < -0.39 is 33.7 Å². The molecule has 0 amide bonds. The Morgan fingerprint density at radius 1 is 0.545 bits per heavy atom. The van der Waals surface area contributed by atoms with Gasteiger partial charge < -0.3 is 47.6 Å². The minimum atomic E-state index is -5.18. The second kappa shape index (κ2) is 36.4. The molecule has 0 bridgehead atoms. The monoisotopic (exact) mass is 674 g/mol. The number of hydrogen-bond donors (Lipinski definition) is 0. The molecule has 1 atom stereocenters. The molecule has 0 saturated heterocycles. The van der Waals surface area contributed by atoms with Gasteiger partial charge >= 0.3 is 65.1 Å². The van der Waals surface area contributed by atoms with Crippen LogP contribution in [0, 0.1) is 0 Å². The summed E-state index contributed by atoms with van der Waals surface area (Å²) in [5.41, 5.74) is 0. The third-order valence-corrected chi connectivity index (χ3v) is 6.99. The Labute approximate surface area is 308 Å². The molecule has 0 spiro atoms. The van der Waals surface area contributed by atoms with E-state index in [1.165, 1.54) is 57.8 Å². The molecule has 0 aliphatic heterocycles. The van der Waals surface area contributed by atoms with Gasteiger partial charge in [0.05, 0.1) is 72.7 Å². The van der Waals surface area contributed by atoms with Crippen molar-refractivity contribution in [2.24, 2.45) is 0 Å². The van der Waals surface area contributed by atoms with E-state index in [-0.39, 0.29) is 85.5 Å². The molecule has 44 heavy (non-hydrogen) atoms. The third-order valence-electron chi connectivity index (χ3n) is 5.94. The van der Waals surface area contributed by atoms with Crippen LogP contribution in [0.3, 0.4) is 0 Å². The molecular weight excluding hydrogens is 622 g/mol. The maximum atomic E-state index is 11.6. The minimum absolute atomic E-state index is 0. The number of hydrogen-bond acceptors (Lipinski definition) is 13. The zero-order chi connectivity index (χ0) is 31.2. The van der Waals surface area contributed by atoms with Crippen LogP contribution in [0.25, 0.3) is 0 Å². The summed E-state index contributed by atoms with van der Waals surface area (Å²) in [6, 6.07) is 0. The van der Waals surface area contributed by atoms with E-state index in [4.69, 9.17) is 28.4 Å². The van der Waals surface area contributed by atoms with Crippen molar-refractivity contribution in [3.8, 4) is 0 Å². The zero-order valence-electron chi connectivity index (χ0n) is 27.3. The van der Waals surface area contributed by atoms with Crippen LogP contribution < -0.4 is 64.2 Å². The summed E-state index contributed by atoms with van der Waals surface area (Å²) in [4.78, 5) is 22.1. The van der Waals surface area contributed by atoms with Crippen molar-refractivity contribution in [3.05, 3.63) is 0 Å². The van der Waals surface area contributed by atoms with E-state index in [1.807, 2.05) is 0 Å². The van der Waals surface area contributed by atoms with Gasteiger partial charge in [0.2, 0.25) is 0 Å². The van der Waals surface area contributed by atoms with Crippen molar-refractivity contribution in [1.29, 1.82) is 0 Å². The van der Waals surface area contributed by atoms with Crippen molar-refractivity contribution in [3.63, 3.8) is 0 Å². The average Bonchev–Trinajstić information content (AvgIpc) is 2.94. The quantitative estimate of drug-likeness (QED) is 0.0282. The standard InChI is InChI=1S/C28H54O13S.2Na/c1-2-3-4-5-6-7-8-9-10-11-12-35-13-14-36-15-16-37-17-18-38-19-20-39-21-22-40-23-24-41-28(31)26(25-27(29)30)42(32,33)34;;/h26H,2-25H2,1H3,(H,29,30)(H,32,33,34);;/q;2*+1/p-2. The average molecular weight is 675 g/mol. The molecule has 13 nitrogen and oxygen atoms in total. The number of ether oxygens (including phenoxy) is 7. The van der Waals surface area contributed by atoms with E-state index in [9.17, 15) is 27.7 Å². The van der Waals surface area contributed by atoms with Crippen molar-refractivity contribution in [2.45, 2.75) is 82.8 Å². The fraction of sp³-hybridized carbons (Fsp3) is 0.929. The number of carboxylic acids is 1. The predicted molar refractivity (Wildman–Crippen MR) is 151 cm³/mol. The SMILES string of the molecule is CCCCCCCCCCCCOCCOCCOCCOCCOCCOCCOC(=O)C(CC(=O)[O-])S(=O)(=O)[O-].[Na+].[Na+]. The van der Waals surface area contributed by atoms with Crippen molar-refractivity contribution >= 4 is 22.1 Å². The largest absolute Gasteiger partial charge is 1.00 e. The van der Waals surface area contributed by atoms with Gasteiger partial charge in [0.1, 0.15) is 16.7 Å². The van der Waals surface area contributed by atoms with Crippen LogP contribution in [0.1, 0.15) is 77.6 Å². The summed E-state index contributed by atoms with van der Waals surface area (Å²) in [6.07, 6.45) is 11.9. The molecule has 16 heteroatoms. The zero-order valence-corrected chi connectivity index (χ0v) is 32.1. The smallest absolute Gasteiger partial charge is 0.747 e. The van der Waals surface area contributed by atoms with Crippen LogP contribution in [0.4, 0.5) is 0 Å². The Kier molecular flexibility index (Phi) is 40.6. The first-order valence-electron chi connectivity index (χ1n) is 15.1. The molecule has 0 radical (unpaired) electrons. The molecule has 0 aromatic rings. The summed E-state index contributed by atoms with van der Waals surface area (Å²) < 4.78 is 69.8. The molecule has 0 aliphatic carbocycles. The Hall–Kier alpha value is 0.610. The Bertz CT molecular complexity index is 745. The second-order valence-corrected chi connectivity index (χ2v) is 11.1. The second-order valence-electron chi connectivity index (χ2n) is 9.58. The number of esters is 1. The van der Waals surface area contributed by atoms with Gasteiger partial charge in [-0.1, -0.05) is 64.7 Å². The van der Waals surface area contributed by atoms with Gasteiger partial charge in [-0.2, -0.15) is 0 Å². The summed E-state index contributed by atoms with van der Waals surface area (Å²) >= 11 is 0. The van der Waals surface area contributed by atoms with Gasteiger partial charge in [-0.3, -0.25) is 4.79 Å². The first-order chi connectivity index (χ1) is 20.3. The van der Waals surface area contributed by atoms with Crippen LogP contribution in [-0.2, 0) is 52.9 Å². The third kappa shape index (κ3) is 35.5. The maximum Gasteiger partial charge on any atom is 1.00 e. The van der Waals surface area contributed by atoms with Crippen LogP contribution in [0.15, 0.2) is 0 Å². The van der Waals surface area contributed by atoms with Gasteiger partial charge in [0.15, 0.2) is 5.25 Å². The van der Waals surface area contributed by atoms with Gasteiger partial charge in [-0.15, -0.1) is 0 Å². The summed E-state index contributed by atoms with van der Waals surface area (Å²) in [6.45, 7) is 6.74. The van der Waals surface area contributed by atoms with Crippen molar-refractivity contribution < 1.29 is 120 Å². The van der Waals surface area contributed by atoms with Crippen LogP contribution >= 0.6 is 0 Å². The molecular formula is C28H52Na2O13S.